The molecule has 20 heavy (non-hydrogen) atoms. The molecular formula is C14H14N2O4. The van der Waals surface area contributed by atoms with Crippen molar-refractivity contribution in [3.63, 3.8) is 0 Å². The Balaban J connectivity index is 0.000000204. The molecule has 0 amide bonds. The van der Waals surface area contributed by atoms with E-state index in [1.807, 2.05) is 6.92 Å². The van der Waals surface area contributed by atoms with E-state index in [0.29, 0.717) is 0 Å². The third kappa shape index (κ3) is 4.85. The van der Waals surface area contributed by atoms with Gasteiger partial charge in [-0.25, -0.2) is 19.6 Å². The molecule has 0 aliphatic carbocycles. The van der Waals surface area contributed by atoms with Gasteiger partial charge in [-0.05, 0) is 30.2 Å². The second-order valence-corrected chi connectivity index (χ2v) is 3.73. The van der Waals surface area contributed by atoms with Crippen molar-refractivity contribution in [2.24, 2.45) is 0 Å². The van der Waals surface area contributed by atoms with Crippen LogP contribution in [0.25, 0.3) is 0 Å². The van der Waals surface area contributed by atoms with Gasteiger partial charge in [0.15, 0.2) is 0 Å². The number of pyridine rings is 2. The third-order valence-corrected chi connectivity index (χ3v) is 2.34. The van der Waals surface area contributed by atoms with Crippen LogP contribution in [0, 0.1) is 0 Å². The predicted octanol–water partition coefficient (Wildman–Crippen LogP) is 2.12. The number of carboxylic acids is 2. The van der Waals surface area contributed by atoms with Crippen molar-refractivity contribution in [1.29, 1.82) is 0 Å². The Morgan fingerprint density at radius 1 is 1.00 bits per heavy atom. The van der Waals surface area contributed by atoms with E-state index in [0.717, 1.165) is 12.0 Å². The van der Waals surface area contributed by atoms with E-state index in [2.05, 4.69) is 9.97 Å². The van der Waals surface area contributed by atoms with E-state index in [1.54, 1.807) is 24.4 Å². The Labute approximate surface area is 115 Å². The van der Waals surface area contributed by atoms with Crippen LogP contribution >= 0.6 is 0 Å². The molecule has 0 saturated heterocycles. The molecule has 0 fully saturated rings. The first-order valence-corrected chi connectivity index (χ1v) is 5.87. The molecule has 0 saturated carbocycles. The van der Waals surface area contributed by atoms with Gasteiger partial charge in [0.25, 0.3) is 0 Å². The van der Waals surface area contributed by atoms with E-state index in [4.69, 9.17) is 10.2 Å². The van der Waals surface area contributed by atoms with Gasteiger partial charge in [-0.2, -0.15) is 0 Å². The van der Waals surface area contributed by atoms with Gasteiger partial charge in [0.1, 0.15) is 11.4 Å². The fourth-order valence-corrected chi connectivity index (χ4v) is 1.25. The molecule has 0 aliphatic rings. The van der Waals surface area contributed by atoms with Crippen molar-refractivity contribution in [1.82, 2.24) is 9.97 Å². The van der Waals surface area contributed by atoms with Gasteiger partial charge in [-0.15, -0.1) is 0 Å². The summed E-state index contributed by atoms with van der Waals surface area (Å²) in [5, 5.41) is 16.8. The number of rotatable bonds is 3. The fraction of sp³-hybridized carbons (Fsp3) is 0.143. The summed E-state index contributed by atoms with van der Waals surface area (Å²) in [5.74, 6) is -1.97. The van der Waals surface area contributed by atoms with E-state index in [9.17, 15) is 9.59 Å². The summed E-state index contributed by atoms with van der Waals surface area (Å²) < 4.78 is 0. The van der Waals surface area contributed by atoms with Crippen LogP contribution in [0.2, 0.25) is 0 Å². The summed E-state index contributed by atoms with van der Waals surface area (Å²) in [4.78, 5) is 27.8. The van der Waals surface area contributed by atoms with E-state index < -0.39 is 11.9 Å². The molecule has 2 aromatic heterocycles. The first-order valence-electron chi connectivity index (χ1n) is 5.87. The summed E-state index contributed by atoms with van der Waals surface area (Å²) in [6.45, 7) is 2.00. The van der Waals surface area contributed by atoms with Crippen LogP contribution in [0.4, 0.5) is 0 Å². The predicted molar refractivity (Wildman–Crippen MR) is 71.8 cm³/mol. The molecule has 0 bridgehead atoms. The van der Waals surface area contributed by atoms with Crippen molar-refractivity contribution in [3.8, 4) is 0 Å². The first kappa shape index (κ1) is 15.3. The maximum Gasteiger partial charge on any atom is 0.354 e. The molecule has 6 heteroatoms. The van der Waals surface area contributed by atoms with E-state index >= 15 is 0 Å². The van der Waals surface area contributed by atoms with E-state index in [1.165, 1.54) is 18.3 Å². The second-order valence-electron chi connectivity index (χ2n) is 3.73. The smallest absolute Gasteiger partial charge is 0.354 e. The Hall–Kier alpha value is -2.76. The highest BCUT2D eigenvalue weighted by Crippen LogP contribution is 2.00. The minimum absolute atomic E-state index is 0.0810. The number of hydrogen-bond donors (Lipinski definition) is 2. The van der Waals surface area contributed by atoms with Crippen molar-refractivity contribution >= 4 is 11.9 Å². The number of nitrogens with zero attached hydrogens (tertiary/aromatic N) is 2. The summed E-state index contributed by atoms with van der Waals surface area (Å²) in [7, 11) is 0. The van der Waals surface area contributed by atoms with Gasteiger partial charge in [-0.3, -0.25) is 0 Å². The Kier molecular flexibility index (Phi) is 5.83. The molecule has 0 aliphatic heterocycles. The van der Waals surface area contributed by atoms with Crippen LogP contribution < -0.4 is 0 Å². The standard InChI is InChI=1S/C8H9NO2.C6H5NO2/c1-2-6-3-4-7(8(10)11)9-5-6;8-6(9)5-3-1-2-4-7-5/h3-5H,2H2,1H3,(H,10,11);1-4H,(H,8,9). The Bertz CT molecular complexity index is 567. The monoisotopic (exact) mass is 274 g/mol. The zero-order chi connectivity index (χ0) is 15.0. The minimum Gasteiger partial charge on any atom is -0.477 e. The maximum absolute atomic E-state index is 10.3. The summed E-state index contributed by atoms with van der Waals surface area (Å²) in [5.41, 5.74) is 1.23. The summed E-state index contributed by atoms with van der Waals surface area (Å²) in [6.07, 6.45) is 3.92. The summed E-state index contributed by atoms with van der Waals surface area (Å²) in [6, 6.07) is 8.04. The van der Waals surface area contributed by atoms with Crippen LogP contribution in [0.3, 0.4) is 0 Å². The lowest BCUT2D eigenvalue weighted by molar-refractivity contribution is 0.0680. The lowest BCUT2D eigenvalue weighted by Crippen LogP contribution is -1.99. The molecule has 6 nitrogen and oxygen atoms in total. The molecule has 0 radical (unpaired) electrons. The first-order chi connectivity index (χ1) is 9.54. The molecule has 2 rings (SSSR count). The highest BCUT2D eigenvalue weighted by Gasteiger charge is 2.01. The average Bonchev–Trinajstić information content (AvgIpc) is 2.49. The van der Waals surface area contributed by atoms with Gasteiger partial charge in [0, 0.05) is 12.4 Å². The Morgan fingerprint density at radius 3 is 2.00 bits per heavy atom. The fourth-order valence-electron chi connectivity index (χ4n) is 1.25. The molecule has 0 aromatic carbocycles. The summed E-state index contributed by atoms with van der Waals surface area (Å²) >= 11 is 0. The number of aromatic carboxylic acids is 2. The van der Waals surface area contributed by atoms with Crippen LogP contribution in [-0.2, 0) is 6.42 Å². The number of carbonyl (C=O) groups is 2. The second kappa shape index (κ2) is 7.63. The van der Waals surface area contributed by atoms with Gasteiger partial charge >= 0.3 is 11.9 Å². The lowest BCUT2D eigenvalue weighted by atomic mass is 10.2. The number of hydrogen-bond acceptors (Lipinski definition) is 4. The average molecular weight is 274 g/mol. The molecule has 2 N–H and O–H groups in total. The minimum atomic E-state index is -0.990. The number of carboxylic acid groups (broad SMARTS) is 2. The lowest BCUT2D eigenvalue weighted by Gasteiger charge is -1.95. The van der Waals surface area contributed by atoms with Crippen LogP contribution in [0.5, 0.6) is 0 Å². The topological polar surface area (TPSA) is 100 Å². The highest BCUT2D eigenvalue weighted by atomic mass is 16.4. The van der Waals surface area contributed by atoms with Crippen molar-refractivity contribution < 1.29 is 19.8 Å². The van der Waals surface area contributed by atoms with Gasteiger partial charge in [-0.1, -0.05) is 19.1 Å². The molecule has 2 heterocycles. The molecule has 0 atom stereocenters. The van der Waals surface area contributed by atoms with Crippen molar-refractivity contribution in [2.45, 2.75) is 13.3 Å². The quantitative estimate of drug-likeness (QED) is 0.889. The molecule has 2 aromatic rings. The largest absolute Gasteiger partial charge is 0.477 e. The molecule has 0 spiro atoms. The van der Waals surface area contributed by atoms with Crippen molar-refractivity contribution in [3.05, 3.63) is 59.7 Å². The zero-order valence-electron chi connectivity index (χ0n) is 10.9. The van der Waals surface area contributed by atoms with Crippen molar-refractivity contribution in [2.75, 3.05) is 0 Å². The van der Waals surface area contributed by atoms with Gasteiger partial charge < -0.3 is 10.2 Å². The normalized spacial score (nSPS) is 9.25. The molecule has 104 valence electrons. The van der Waals surface area contributed by atoms with E-state index in [-0.39, 0.29) is 11.4 Å². The highest BCUT2D eigenvalue weighted by molar-refractivity contribution is 5.85. The molecular weight excluding hydrogens is 260 g/mol. The van der Waals surface area contributed by atoms with Crippen LogP contribution in [0.1, 0.15) is 33.5 Å². The Morgan fingerprint density at radius 2 is 1.65 bits per heavy atom. The molecule has 0 unspecified atom stereocenters. The SMILES string of the molecule is CCc1ccc(C(=O)O)nc1.O=C(O)c1ccccn1. The van der Waals surface area contributed by atoms with Crippen LogP contribution in [-0.4, -0.2) is 32.1 Å². The third-order valence-electron chi connectivity index (χ3n) is 2.34. The zero-order valence-corrected chi connectivity index (χ0v) is 10.9. The number of aromatic nitrogens is 2. The maximum atomic E-state index is 10.3. The number of aryl methyl sites for hydroxylation is 1. The van der Waals surface area contributed by atoms with Crippen LogP contribution in [0.15, 0.2) is 42.7 Å². The van der Waals surface area contributed by atoms with Gasteiger partial charge in [0.05, 0.1) is 0 Å². The van der Waals surface area contributed by atoms with Gasteiger partial charge in [0.2, 0.25) is 0 Å².